The lowest BCUT2D eigenvalue weighted by atomic mass is 9.86. The molecular weight excluding hydrogens is 574 g/mol. The average Bonchev–Trinajstić information content (AvgIpc) is 3.47. The molecule has 1 atom stereocenters. The summed E-state index contributed by atoms with van der Waals surface area (Å²) in [5, 5.41) is 7.43. The van der Waals surface area contributed by atoms with Crippen LogP contribution in [0, 0.1) is 5.41 Å². The van der Waals surface area contributed by atoms with Gasteiger partial charge in [-0.2, -0.15) is 0 Å². The van der Waals surface area contributed by atoms with E-state index in [-0.39, 0.29) is 23.8 Å². The number of carbonyl (C=O) groups is 2. The van der Waals surface area contributed by atoms with Crippen molar-refractivity contribution in [1.82, 2.24) is 4.72 Å². The number of nitrogens with one attached hydrogen (secondary N) is 3. The lowest BCUT2D eigenvalue weighted by molar-refractivity contribution is -0.141. The number of hydrogen-bond donors (Lipinski definition) is 3. The molecule has 1 unspecified atom stereocenters. The Labute approximate surface area is 249 Å². The Morgan fingerprint density at radius 2 is 1.43 bits per heavy atom. The van der Waals surface area contributed by atoms with Crippen LogP contribution < -0.4 is 15.4 Å². The van der Waals surface area contributed by atoms with Gasteiger partial charge in [0.1, 0.15) is 11.0 Å². The van der Waals surface area contributed by atoms with E-state index in [1.165, 1.54) is 29.5 Å². The monoisotopic (exact) mass is 607 g/mol. The van der Waals surface area contributed by atoms with Gasteiger partial charge in [-0.1, -0.05) is 86.6 Å². The second-order valence-corrected chi connectivity index (χ2v) is 12.8. The van der Waals surface area contributed by atoms with Crippen LogP contribution in [0.4, 0.5) is 15.5 Å². The summed E-state index contributed by atoms with van der Waals surface area (Å²) >= 11 is 1.25. The molecule has 0 bridgehead atoms. The van der Waals surface area contributed by atoms with Gasteiger partial charge in [0.15, 0.2) is 0 Å². The van der Waals surface area contributed by atoms with Crippen molar-refractivity contribution < 1.29 is 27.5 Å². The van der Waals surface area contributed by atoms with E-state index in [9.17, 15) is 18.0 Å². The van der Waals surface area contributed by atoms with Gasteiger partial charge in [-0.3, -0.25) is 10.1 Å². The molecule has 0 radical (unpaired) electrons. The molecule has 3 N–H and O–H groups in total. The van der Waals surface area contributed by atoms with Gasteiger partial charge in [-0.25, -0.2) is 17.9 Å². The number of amides is 3. The Bertz CT molecular complexity index is 1560. The predicted octanol–water partition coefficient (Wildman–Crippen LogP) is 6.03. The number of thiophene rings is 1. The van der Waals surface area contributed by atoms with E-state index in [4.69, 9.17) is 9.47 Å². The Morgan fingerprint density at radius 1 is 0.810 bits per heavy atom. The number of hydrogen-bond acceptors (Lipinski definition) is 7. The minimum Gasteiger partial charge on any atom is -0.376 e. The van der Waals surface area contributed by atoms with Crippen molar-refractivity contribution in [2.45, 2.75) is 38.1 Å². The van der Waals surface area contributed by atoms with Gasteiger partial charge in [-0.05, 0) is 40.8 Å². The van der Waals surface area contributed by atoms with Crippen molar-refractivity contribution in [3.05, 3.63) is 114 Å². The number of ether oxygens (including phenoxy) is 2. The number of sulfonamides is 1. The van der Waals surface area contributed by atoms with Crippen LogP contribution in [-0.4, -0.2) is 33.1 Å². The predicted molar refractivity (Wildman–Crippen MR) is 164 cm³/mol. The highest BCUT2D eigenvalue weighted by molar-refractivity contribution is 7.90. The zero-order chi connectivity index (χ0) is 30.0. The average molecular weight is 608 g/mol. The molecule has 3 amide bonds. The van der Waals surface area contributed by atoms with Crippen molar-refractivity contribution in [3.63, 3.8) is 0 Å². The molecule has 4 rings (SSSR count). The molecule has 0 fully saturated rings. The SMILES string of the molecule is CC(C)(COCc1ccccc1)C(OCc1ccccc1)C(=O)Nc1ccccc1S(=O)(=O)NC(=O)Nc1cccs1. The van der Waals surface area contributed by atoms with Crippen LogP contribution in [0.25, 0.3) is 0 Å². The summed E-state index contributed by atoms with van der Waals surface area (Å²) in [5.74, 6) is -0.551. The van der Waals surface area contributed by atoms with E-state index in [2.05, 4.69) is 10.6 Å². The standard InChI is InChI=1S/C31H33N3O6S2/c1-31(2,22-39-20-23-12-5-3-6-13-23)28(40-21-24-14-7-4-8-15-24)29(35)32-25-16-9-10-17-26(25)42(37,38)34-30(36)33-27-18-11-19-41-27/h3-19,28H,20-22H2,1-2H3,(H,32,35)(H2,33,34,36). The summed E-state index contributed by atoms with van der Waals surface area (Å²) in [6.45, 7) is 4.42. The quantitative estimate of drug-likeness (QED) is 0.171. The first-order chi connectivity index (χ1) is 20.1. The van der Waals surface area contributed by atoms with Crippen molar-refractivity contribution in [2.75, 3.05) is 17.2 Å². The second kappa shape index (κ2) is 14.2. The molecule has 1 heterocycles. The van der Waals surface area contributed by atoms with Crippen molar-refractivity contribution >= 4 is 44.0 Å². The summed E-state index contributed by atoms with van der Waals surface area (Å²) in [5.41, 5.74) is 1.07. The third kappa shape index (κ3) is 8.73. The molecule has 3 aromatic carbocycles. The maximum absolute atomic E-state index is 13.7. The first-order valence-corrected chi connectivity index (χ1v) is 15.5. The molecule has 0 saturated heterocycles. The maximum atomic E-state index is 13.7. The molecule has 0 aliphatic rings. The molecule has 11 heteroatoms. The maximum Gasteiger partial charge on any atom is 0.333 e. The highest BCUT2D eigenvalue weighted by Gasteiger charge is 2.37. The molecule has 0 aliphatic heterocycles. The number of rotatable bonds is 13. The lowest BCUT2D eigenvalue weighted by Gasteiger charge is -2.33. The molecule has 0 spiro atoms. The van der Waals surface area contributed by atoms with E-state index in [1.54, 1.807) is 23.6 Å². The third-order valence-electron chi connectivity index (χ3n) is 6.21. The van der Waals surface area contributed by atoms with Gasteiger partial charge in [-0.15, -0.1) is 11.3 Å². The zero-order valence-electron chi connectivity index (χ0n) is 23.3. The fraction of sp³-hybridized carbons (Fsp3) is 0.226. The normalized spacial score (nSPS) is 12.3. The van der Waals surface area contributed by atoms with Gasteiger partial charge in [0, 0.05) is 5.41 Å². The molecule has 4 aromatic rings. The summed E-state index contributed by atoms with van der Waals surface area (Å²) in [6, 6.07) is 27.4. The number of anilines is 2. The van der Waals surface area contributed by atoms with E-state index in [0.29, 0.717) is 11.6 Å². The minimum atomic E-state index is -4.34. The zero-order valence-corrected chi connectivity index (χ0v) is 24.9. The fourth-order valence-electron chi connectivity index (χ4n) is 4.16. The lowest BCUT2D eigenvalue weighted by Crippen LogP contribution is -2.45. The van der Waals surface area contributed by atoms with E-state index < -0.39 is 33.5 Å². The van der Waals surface area contributed by atoms with Crippen LogP contribution in [0.1, 0.15) is 25.0 Å². The summed E-state index contributed by atoms with van der Waals surface area (Å²) in [7, 11) is -4.34. The van der Waals surface area contributed by atoms with Crippen LogP contribution in [0.2, 0.25) is 0 Å². The van der Waals surface area contributed by atoms with E-state index in [1.807, 2.05) is 79.2 Å². The van der Waals surface area contributed by atoms with Crippen LogP contribution in [0.15, 0.2) is 107 Å². The summed E-state index contributed by atoms with van der Waals surface area (Å²) < 4.78 is 40.4. The summed E-state index contributed by atoms with van der Waals surface area (Å²) in [6.07, 6.45) is -1.01. The molecule has 9 nitrogen and oxygen atoms in total. The number of benzene rings is 3. The van der Waals surface area contributed by atoms with Gasteiger partial charge in [0.2, 0.25) is 0 Å². The smallest absolute Gasteiger partial charge is 0.333 e. The van der Waals surface area contributed by atoms with Gasteiger partial charge >= 0.3 is 6.03 Å². The highest BCUT2D eigenvalue weighted by Crippen LogP contribution is 2.29. The molecule has 220 valence electrons. The highest BCUT2D eigenvalue weighted by atomic mass is 32.2. The third-order valence-corrected chi connectivity index (χ3v) is 8.39. The summed E-state index contributed by atoms with van der Waals surface area (Å²) in [4.78, 5) is 25.9. The topological polar surface area (TPSA) is 123 Å². The van der Waals surface area contributed by atoms with Gasteiger partial charge < -0.3 is 14.8 Å². The largest absolute Gasteiger partial charge is 0.376 e. The number of carbonyl (C=O) groups excluding carboxylic acids is 2. The van der Waals surface area contributed by atoms with Crippen LogP contribution in [-0.2, 0) is 37.5 Å². The van der Waals surface area contributed by atoms with Crippen molar-refractivity contribution in [3.8, 4) is 0 Å². The first-order valence-electron chi connectivity index (χ1n) is 13.2. The number of para-hydroxylation sites is 1. The Balaban J connectivity index is 1.51. The Hall–Kier alpha value is -4.03. The van der Waals surface area contributed by atoms with Crippen LogP contribution in [0.3, 0.4) is 0 Å². The molecule has 0 saturated carbocycles. The first kappa shape index (κ1) is 30.9. The fourth-order valence-corrected chi connectivity index (χ4v) is 5.84. The van der Waals surface area contributed by atoms with E-state index in [0.717, 1.165) is 11.1 Å². The van der Waals surface area contributed by atoms with Crippen LogP contribution >= 0.6 is 11.3 Å². The molecule has 42 heavy (non-hydrogen) atoms. The van der Waals surface area contributed by atoms with Gasteiger partial charge in [0.25, 0.3) is 15.9 Å². The Morgan fingerprint density at radius 3 is 2.07 bits per heavy atom. The van der Waals surface area contributed by atoms with Crippen molar-refractivity contribution in [2.24, 2.45) is 5.41 Å². The molecular formula is C31H33N3O6S2. The van der Waals surface area contributed by atoms with Crippen LogP contribution in [0.5, 0.6) is 0 Å². The van der Waals surface area contributed by atoms with Gasteiger partial charge in [0.05, 0.1) is 30.5 Å². The number of urea groups is 1. The van der Waals surface area contributed by atoms with Crippen molar-refractivity contribution in [1.29, 1.82) is 0 Å². The minimum absolute atomic E-state index is 0.00763. The molecule has 1 aromatic heterocycles. The second-order valence-electron chi connectivity index (χ2n) is 10.2. The molecule has 0 aliphatic carbocycles. The Kier molecular flexibility index (Phi) is 10.5. The van der Waals surface area contributed by atoms with E-state index >= 15 is 0 Å².